The fraction of sp³-hybridized carbons (Fsp3) is 0. The molecule has 0 amide bonds. The number of anilines is 3. The Hall–Kier alpha value is -6.52. The quantitative estimate of drug-likeness (QED) is 0.164. The second-order valence-electron chi connectivity index (χ2n) is 14.1. The Kier molecular flexibility index (Phi) is 7.61. The van der Waals surface area contributed by atoms with Gasteiger partial charge in [-0.15, -0.1) is 22.7 Å². The largest absolute Gasteiger partial charge is 0.310 e. The first-order valence-corrected chi connectivity index (χ1v) is 20.3. The monoisotopic (exact) mass is 735 g/mol. The van der Waals surface area contributed by atoms with Crippen LogP contribution in [-0.4, -0.2) is 0 Å². The molecule has 9 aromatic carbocycles. The van der Waals surface area contributed by atoms with Crippen molar-refractivity contribution in [2.45, 2.75) is 0 Å². The summed E-state index contributed by atoms with van der Waals surface area (Å²) in [5.74, 6) is 0. The molecule has 3 heteroatoms. The first kappa shape index (κ1) is 32.0. The minimum Gasteiger partial charge on any atom is -0.310 e. The Morgan fingerprint density at radius 3 is 1.67 bits per heavy atom. The second-order valence-corrected chi connectivity index (χ2v) is 16.3. The summed E-state index contributed by atoms with van der Waals surface area (Å²) in [5.41, 5.74) is 10.6. The second kappa shape index (κ2) is 13.1. The highest BCUT2D eigenvalue weighted by molar-refractivity contribution is 7.26. The number of fused-ring (bicyclic) bond motifs is 7. The van der Waals surface area contributed by atoms with Gasteiger partial charge in [0.15, 0.2) is 0 Å². The van der Waals surface area contributed by atoms with Crippen molar-refractivity contribution in [2.24, 2.45) is 0 Å². The van der Waals surface area contributed by atoms with Crippen molar-refractivity contribution in [3.05, 3.63) is 200 Å². The lowest BCUT2D eigenvalue weighted by molar-refractivity contribution is 1.28. The van der Waals surface area contributed by atoms with E-state index in [0.717, 1.165) is 17.1 Å². The fourth-order valence-corrected chi connectivity index (χ4v) is 10.5. The Balaban J connectivity index is 1.04. The van der Waals surface area contributed by atoms with E-state index in [4.69, 9.17) is 0 Å². The third-order valence-electron chi connectivity index (χ3n) is 10.8. The van der Waals surface area contributed by atoms with E-state index >= 15 is 0 Å². The van der Waals surface area contributed by atoms with Gasteiger partial charge in [0.25, 0.3) is 0 Å². The smallest absolute Gasteiger partial charge is 0.0467 e. The molecule has 2 aromatic heterocycles. The highest BCUT2D eigenvalue weighted by atomic mass is 32.1. The van der Waals surface area contributed by atoms with Crippen molar-refractivity contribution in [2.75, 3.05) is 4.90 Å². The number of rotatable bonds is 6. The molecule has 0 saturated carbocycles. The number of hydrogen-bond acceptors (Lipinski definition) is 3. The number of thiophene rings is 2. The van der Waals surface area contributed by atoms with Gasteiger partial charge >= 0.3 is 0 Å². The lowest BCUT2D eigenvalue weighted by Crippen LogP contribution is -2.10. The lowest BCUT2D eigenvalue weighted by atomic mass is 9.99. The number of nitrogens with zero attached hydrogens (tertiary/aromatic N) is 1. The molecular formula is C52H33NS2. The maximum absolute atomic E-state index is 2.40. The number of hydrogen-bond donors (Lipinski definition) is 0. The topological polar surface area (TPSA) is 3.24 Å². The maximum Gasteiger partial charge on any atom is 0.0467 e. The van der Waals surface area contributed by atoms with Gasteiger partial charge in [-0.05, 0) is 105 Å². The molecule has 0 N–H and O–H groups in total. The third kappa shape index (κ3) is 5.60. The van der Waals surface area contributed by atoms with Crippen LogP contribution >= 0.6 is 22.7 Å². The van der Waals surface area contributed by atoms with Crippen molar-refractivity contribution in [3.8, 4) is 33.4 Å². The van der Waals surface area contributed by atoms with Gasteiger partial charge in [-0.1, -0.05) is 140 Å². The minimum atomic E-state index is 1.11. The SMILES string of the molecule is c1cc(-c2ccc3c(c2)sc2ccccc23)cc(N(c2ccc(-c3ccc4ccccc4c3)cc2)c2cccc(-c3cccc4c3sc3ccccc34)c2)c1. The van der Waals surface area contributed by atoms with Gasteiger partial charge in [-0.25, -0.2) is 0 Å². The zero-order valence-corrected chi connectivity index (χ0v) is 31.4. The molecule has 0 atom stereocenters. The van der Waals surface area contributed by atoms with E-state index in [-0.39, 0.29) is 0 Å². The van der Waals surface area contributed by atoms with Crippen LogP contribution in [0, 0.1) is 0 Å². The van der Waals surface area contributed by atoms with E-state index in [1.807, 2.05) is 22.7 Å². The van der Waals surface area contributed by atoms with Gasteiger partial charge in [0.2, 0.25) is 0 Å². The maximum atomic E-state index is 2.40. The van der Waals surface area contributed by atoms with Crippen LogP contribution in [0.5, 0.6) is 0 Å². The molecule has 0 bridgehead atoms. The summed E-state index contributed by atoms with van der Waals surface area (Å²) in [5, 5.41) is 7.78. The van der Waals surface area contributed by atoms with E-state index in [2.05, 4.69) is 205 Å². The summed E-state index contributed by atoms with van der Waals surface area (Å²) >= 11 is 3.75. The summed E-state index contributed by atoms with van der Waals surface area (Å²) in [6.07, 6.45) is 0. The Bertz CT molecular complexity index is 3220. The molecule has 0 radical (unpaired) electrons. The summed E-state index contributed by atoms with van der Waals surface area (Å²) in [6.45, 7) is 0. The van der Waals surface area contributed by atoms with E-state index in [0.29, 0.717) is 0 Å². The summed E-state index contributed by atoms with van der Waals surface area (Å²) in [4.78, 5) is 2.40. The Morgan fingerprint density at radius 2 is 0.855 bits per heavy atom. The first-order valence-electron chi connectivity index (χ1n) is 18.7. The third-order valence-corrected chi connectivity index (χ3v) is 13.2. The predicted molar refractivity (Wildman–Crippen MR) is 241 cm³/mol. The van der Waals surface area contributed by atoms with Crippen molar-refractivity contribution in [3.63, 3.8) is 0 Å². The van der Waals surface area contributed by atoms with Crippen LogP contribution in [-0.2, 0) is 0 Å². The minimum absolute atomic E-state index is 1.11. The molecule has 0 aliphatic rings. The van der Waals surface area contributed by atoms with Crippen LogP contribution in [0.15, 0.2) is 200 Å². The fourth-order valence-electron chi connectivity index (χ4n) is 8.14. The molecule has 11 rings (SSSR count). The Morgan fingerprint density at radius 1 is 0.291 bits per heavy atom. The normalized spacial score (nSPS) is 11.6. The van der Waals surface area contributed by atoms with E-state index < -0.39 is 0 Å². The molecule has 0 aliphatic heterocycles. The highest BCUT2D eigenvalue weighted by Crippen LogP contribution is 2.44. The summed E-state index contributed by atoms with van der Waals surface area (Å²) in [7, 11) is 0. The van der Waals surface area contributed by atoms with E-state index in [9.17, 15) is 0 Å². The predicted octanol–water partition coefficient (Wildman–Crippen LogP) is 16.0. The molecule has 0 unspecified atom stereocenters. The van der Waals surface area contributed by atoms with Crippen LogP contribution in [0.1, 0.15) is 0 Å². The van der Waals surface area contributed by atoms with Gasteiger partial charge in [0.1, 0.15) is 0 Å². The van der Waals surface area contributed by atoms with Crippen LogP contribution in [0.25, 0.3) is 84.5 Å². The average molecular weight is 736 g/mol. The first-order chi connectivity index (χ1) is 27.2. The standard InChI is InChI=1S/C52H33NS2/c1-2-11-36-30-38(23-22-34(36)10-1)35-24-27-41(28-25-35)53(42-14-7-12-37(31-42)39-26-29-47-45-16-3-5-20-49(45)54-51(47)33-39)43-15-8-13-40(32-43)44-18-9-19-48-46-17-4-6-21-50(46)55-52(44)48/h1-33H. The van der Waals surface area contributed by atoms with Crippen LogP contribution in [0.3, 0.4) is 0 Å². The molecule has 0 saturated heterocycles. The Labute approximate surface area is 327 Å². The van der Waals surface area contributed by atoms with E-state index in [1.54, 1.807) is 0 Å². The molecule has 258 valence electrons. The molecule has 2 heterocycles. The molecule has 0 aliphatic carbocycles. The molecule has 0 fully saturated rings. The van der Waals surface area contributed by atoms with Crippen molar-refractivity contribution < 1.29 is 0 Å². The zero-order valence-electron chi connectivity index (χ0n) is 29.8. The number of benzene rings is 9. The van der Waals surface area contributed by atoms with Crippen LogP contribution < -0.4 is 4.90 Å². The molecule has 1 nitrogen and oxygen atoms in total. The van der Waals surface area contributed by atoms with Gasteiger partial charge in [-0.2, -0.15) is 0 Å². The van der Waals surface area contributed by atoms with Crippen LogP contribution in [0.4, 0.5) is 17.1 Å². The van der Waals surface area contributed by atoms with E-state index in [1.165, 1.54) is 84.5 Å². The van der Waals surface area contributed by atoms with Crippen molar-refractivity contribution >= 4 is 90.9 Å². The zero-order chi connectivity index (χ0) is 36.3. The highest BCUT2D eigenvalue weighted by Gasteiger charge is 2.17. The average Bonchev–Trinajstić information content (AvgIpc) is 3.82. The van der Waals surface area contributed by atoms with Crippen molar-refractivity contribution in [1.29, 1.82) is 0 Å². The molecule has 11 aromatic rings. The van der Waals surface area contributed by atoms with Gasteiger partial charge in [-0.3, -0.25) is 0 Å². The van der Waals surface area contributed by atoms with Gasteiger partial charge in [0, 0.05) is 57.4 Å². The van der Waals surface area contributed by atoms with Gasteiger partial charge in [0.05, 0.1) is 0 Å². The summed E-state index contributed by atoms with van der Waals surface area (Å²) < 4.78 is 5.28. The lowest BCUT2D eigenvalue weighted by Gasteiger charge is -2.27. The van der Waals surface area contributed by atoms with Gasteiger partial charge < -0.3 is 4.90 Å². The van der Waals surface area contributed by atoms with Crippen molar-refractivity contribution in [1.82, 2.24) is 0 Å². The molecule has 55 heavy (non-hydrogen) atoms. The molecule has 0 spiro atoms. The van der Waals surface area contributed by atoms with Crippen LogP contribution in [0.2, 0.25) is 0 Å². The molecular weight excluding hydrogens is 703 g/mol. The summed E-state index contributed by atoms with van der Waals surface area (Å²) in [6, 6.07) is 73.5.